The summed E-state index contributed by atoms with van der Waals surface area (Å²) in [5, 5.41) is 0. The van der Waals surface area contributed by atoms with Crippen LogP contribution in [0.4, 0.5) is 26.3 Å². The highest BCUT2D eigenvalue weighted by molar-refractivity contribution is 7.74. The molecule has 0 amide bonds. The van der Waals surface area contributed by atoms with E-state index in [1.165, 1.54) is 0 Å². The minimum atomic E-state index is -6.08. The first-order valence-corrected chi connectivity index (χ1v) is 3.48. The molecular formula is C3H2F6O3S. The Labute approximate surface area is 70.2 Å². The van der Waals surface area contributed by atoms with E-state index < -0.39 is 29.8 Å². The third-order valence-corrected chi connectivity index (χ3v) is 1.24. The van der Waals surface area contributed by atoms with Crippen molar-refractivity contribution in [2.24, 2.45) is 0 Å². The van der Waals surface area contributed by atoms with Crippen LogP contribution in [-0.4, -0.2) is 27.2 Å². The number of hydrogen-bond acceptors (Lipinski definition) is 2. The molecule has 0 fully saturated rings. The van der Waals surface area contributed by atoms with E-state index in [-0.39, 0.29) is 0 Å². The second-order valence-corrected chi connectivity index (χ2v) is 2.34. The molecule has 0 saturated heterocycles. The number of alkyl halides is 6. The molecule has 0 saturated carbocycles. The summed E-state index contributed by atoms with van der Waals surface area (Å²) in [6, 6.07) is 0. The van der Waals surface area contributed by atoms with Crippen LogP contribution in [0.3, 0.4) is 0 Å². The van der Waals surface area contributed by atoms with E-state index >= 15 is 0 Å². The fourth-order valence-corrected chi connectivity index (χ4v) is 0.686. The second kappa shape index (κ2) is 3.80. The van der Waals surface area contributed by atoms with Crippen molar-refractivity contribution < 1.29 is 39.3 Å². The summed E-state index contributed by atoms with van der Waals surface area (Å²) in [6.07, 6.45) is -10.7. The lowest BCUT2D eigenvalue weighted by Gasteiger charge is -2.24. The summed E-state index contributed by atoms with van der Waals surface area (Å²) >= 11 is -3.78. The third kappa shape index (κ3) is 2.81. The number of halogens is 6. The smallest absolute Gasteiger partial charge is 0.284 e. The molecule has 13 heavy (non-hydrogen) atoms. The maximum absolute atomic E-state index is 12.2. The first kappa shape index (κ1) is 12.7. The van der Waals surface area contributed by atoms with Gasteiger partial charge in [-0.2, -0.15) is 21.8 Å². The Kier molecular flexibility index (Phi) is 3.70. The largest absolute Gasteiger partial charge is 0.455 e. The van der Waals surface area contributed by atoms with Gasteiger partial charge in [0.15, 0.2) is 0 Å². The lowest BCUT2D eigenvalue weighted by atomic mass is 10.3. The average molecular weight is 232 g/mol. The van der Waals surface area contributed by atoms with Crippen LogP contribution in [0.5, 0.6) is 0 Å². The van der Waals surface area contributed by atoms with Crippen LogP contribution in [0, 0.1) is 0 Å². The van der Waals surface area contributed by atoms with Crippen molar-refractivity contribution in [3.8, 4) is 0 Å². The van der Waals surface area contributed by atoms with E-state index in [1.54, 1.807) is 0 Å². The van der Waals surface area contributed by atoms with Gasteiger partial charge in [0, 0.05) is 0 Å². The minimum Gasteiger partial charge on any atom is -0.284 e. The number of rotatable bonds is 3. The molecular weight excluding hydrogens is 230 g/mol. The molecule has 2 unspecified atom stereocenters. The molecule has 0 heterocycles. The van der Waals surface area contributed by atoms with E-state index in [9.17, 15) is 30.6 Å². The fourth-order valence-electron chi connectivity index (χ4n) is 0.311. The Bertz CT molecular complexity index is 204. The van der Waals surface area contributed by atoms with Gasteiger partial charge in [0.1, 0.15) is 0 Å². The van der Waals surface area contributed by atoms with Gasteiger partial charge >= 0.3 is 29.8 Å². The highest BCUT2D eigenvalue weighted by atomic mass is 32.2. The zero-order valence-corrected chi connectivity index (χ0v) is 6.33. The van der Waals surface area contributed by atoms with Gasteiger partial charge in [-0.25, -0.2) is 13.0 Å². The third-order valence-electron chi connectivity index (χ3n) is 0.860. The monoisotopic (exact) mass is 232 g/mol. The van der Waals surface area contributed by atoms with Gasteiger partial charge < -0.3 is 0 Å². The van der Waals surface area contributed by atoms with E-state index in [1.807, 2.05) is 0 Å². The minimum absolute atomic E-state index is 2.55. The zero-order valence-electron chi connectivity index (χ0n) is 5.52. The SMILES string of the molecule is O=S(O)OC(F)(C(F)F)C(F)(F)F. The molecule has 0 radical (unpaired) electrons. The Morgan fingerprint density at radius 3 is 1.69 bits per heavy atom. The van der Waals surface area contributed by atoms with E-state index in [0.717, 1.165) is 0 Å². The first-order chi connectivity index (χ1) is 5.61. The zero-order chi connectivity index (χ0) is 10.9. The van der Waals surface area contributed by atoms with Crippen molar-refractivity contribution >= 4 is 11.4 Å². The predicted molar refractivity (Wildman–Crippen MR) is 27.8 cm³/mol. The van der Waals surface area contributed by atoms with Gasteiger partial charge in [0.05, 0.1) is 0 Å². The van der Waals surface area contributed by atoms with Gasteiger partial charge in [-0.05, 0) is 0 Å². The van der Waals surface area contributed by atoms with E-state index in [2.05, 4.69) is 4.18 Å². The number of hydrogen-bond donors (Lipinski definition) is 1. The standard InChI is InChI=1S/C3H2F6O3S/c4-1(5)2(6,3(7,8)9)12-13(10)11/h1H,(H,10,11). The molecule has 0 aliphatic rings. The molecule has 1 N–H and O–H groups in total. The van der Waals surface area contributed by atoms with Crippen LogP contribution >= 0.6 is 0 Å². The molecule has 80 valence electrons. The van der Waals surface area contributed by atoms with Gasteiger partial charge in [-0.3, -0.25) is 4.55 Å². The highest BCUT2D eigenvalue weighted by Crippen LogP contribution is 2.40. The topological polar surface area (TPSA) is 46.5 Å². The summed E-state index contributed by atoms with van der Waals surface area (Å²) in [4.78, 5) is 0. The predicted octanol–water partition coefficient (Wildman–Crippen LogP) is 1.63. The van der Waals surface area contributed by atoms with Crippen LogP contribution in [0.2, 0.25) is 0 Å². The van der Waals surface area contributed by atoms with Gasteiger partial charge in [-0.1, -0.05) is 0 Å². The maximum atomic E-state index is 12.2. The molecule has 0 aromatic carbocycles. The molecule has 0 aliphatic carbocycles. The van der Waals surface area contributed by atoms with Crippen molar-refractivity contribution in [3.63, 3.8) is 0 Å². The first-order valence-electron chi connectivity index (χ1n) is 2.45. The van der Waals surface area contributed by atoms with Crippen molar-refractivity contribution in [1.29, 1.82) is 0 Å². The summed E-state index contributed by atoms with van der Waals surface area (Å²) in [5.74, 6) is -5.42. The molecule has 0 aromatic rings. The van der Waals surface area contributed by atoms with Gasteiger partial charge in [0.25, 0.3) is 0 Å². The fraction of sp³-hybridized carbons (Fsp3) is 1.00. The van der Waals surface area contributed by atoms with Crippen LogP contribution < -0.4 is 0 Å². The molecule has 0 bridgehead atoms. The summed E-state index contributed by atoms with van der Waals surface area (Å²) < 4.78 is 89.4. The lowest BCUT2D eigenvalue weighted by molar-refractivity contribution is -0.339. The summed E-state index contributed by atoms with van der Waals surface area (Å²) in [5.41, 5.74) is 0. The molecule has 2 atom stereocenters. The van der Waals surface area contributed by atoms with Crippen LogP contribution in [0.25, 0.3) is 0 Å². The van der Waals surface area contributed by atoms with Crippen LogP contribution in [0.1, 0.15) is 0 Å². The van der Waals surface area contributed by atoms with Gasteiger partial charge in [-0.15, -0.1) is 0 Å². The van der Waals surface area contributed by atoms with E-state index in [0.29, 0.717) is 0 Å². The van der Waals surface area contributed by atoms with Crippen molar-refractivity contribution in [2.75, 3.05) is 0 Å². The molecule has 0 spiro atoms. The normalized spacial score (nSPS) is 20.0. The van der Waals surface area contributed by atoms with Crippen molar-refractivity contribution in [3.05, 3.63) is 0 Å². The quantitative estimate of drug-likeness (QED) is 0.594. The van der Waals surface area contributed by atoms with Crippen LogP contribution in [0.15, 0.2) is 0 Å². The molecule has 0 rings (SSSR count). The Balaban J connectivity index is 4.85. The Hall–Kier alpha value is -0.350. The van der Waals surface area contributed by atoms with E-state index in [4.69, 9.17) is 4.55 Å². The Morgan fingerprint density at radius 2 is 1.62 bits per heavy atom. The highest BCUT2D eigenvalue weighted by Gasteiger charge is 2.66. The van der Waals surface area contributed by atoms with Crippen LogP contribution in [-0.2, 0) is 15.5 Å². The maximum Gasteiger partial charge on any atom is 0.455 e. The molecule has 0 aromatic heterocycles. The molecule has 0 aliphatic heterocycles. The van der Waals surface area contributed by atoms with Gasteiger partial charge in [0.2, 0.25) is 0 Å². The second-order valence-electron chi connectivity index (χ2n) is 1.74. The lowest BCUT2D eigenvalue weighted by Crippen LogP contribution is -2.49. The molecule has 3 nitrogen and oxygen atoms in total. The molecule has 10 heteroatoms. The summed E-state index contributed by atoms with van der Waals surface area (Å²) in [7, 11) is 0. The van der Waals surface area contributed by atoms with Crippen molar-refractivity contribution in [2.45, 2.75) is 18.5 Å². The van der Waals surface area contributed by atoms with Crippen molar-refractivity contribution in [1.82, 2.24) is 0 Å². The Morgan fingerprint density at radius 1 is 1.23 bits per heavy atom. The summed E-state index contributed by atoms with van der Waals surface area (Å²) in [6.45, 7) is 0. The average Bonchev–Trinajstić information content (AvgIpc) is 1.82.